The Kier molecular flexibility index (Phi) is 5.81. The molecule has 3 nitrogen and oxygen atoms in total. The second-order valence-electron chi connectivity index (χ2n) is 5.21. The molecule has 0 fully saturated rings. The van der Waals surface area contributed by atoms with Gasteiger partial charge in [0.15, 0.2) is 5.89 Å². The van der Waals surface area contributed by atoms with Crippen molar-refractivity contribution in [3.63, 3.8) is 0 Å². The van der Waals surface area contributed by atoms with Crippen LogP contribution in [-0.2, 0) is 19.3 Å². The predicted molar refractivity (Wildman–Crippen MR) is 82.0 cm³/mol. The first-order chi connectivity index (χ1) is 9.78. The second kappa shape index (κ2) is 7.85. The summed E-state index contributed by atoms with van der Waals surface area (Å²) < 4.78 is 5.76. The van der Waals surface area contributed by atoms with Crippen molar-refractivity contribution >= 4 is 0 Å². The lowest BCUT2D eigenvalue weighted by Crippen LogP contribution is -2.17. The van der Waals surface area contributed by atoms with Crippen LogP contribution in [0.5, 0.6) is 0 Å². The van der Waals surface area contributed by atoms with Crippen molar-refractivity contribution in [1.82, 2.24) is 10.3 Å². The van der Waals surface area contributed by atoms with E-state index in [1.807, 2.05) is 6.20 Å². The third kappa shape index (κ3) is 4.82. The quantitative estimate of drug-likeness (QED) is 0.749. The van der Waals surface area contributed by atoms with Crippen LogP contribution in [0.25, 0.3) is 0 Å². The molecule has 1 aromatic heterocycles. The molecule has 0 unspecified atom stereocenters. The molecule has 2 rings (SSSR count). The molecular formula is C17H24N2O. The van der Waals surface area contributed by atoms with E-state index < -0.39 is 0 Å². The Balaban J connectivity index is 1.78. The summed E-state index contributed by atoms with van der Waals surface area (Å²) in [6.45, 7) is 6.29. The van der Waals surface area contributed by atoms with Crippen LogP contribution in [0.1, 0.15) is 36.1 Å². The van der Waals surface area contributed by atoms with Crippen LogP contribution >= 0.6 is 0 Å². The summed E-state index contributed by atoms with van der Waals surface area (Å²) in [5, 5.41) is 3.36. The van der Waals surface area contributed by atoms with Gasteiger partial charge in [0.2, 0.25) is 0 Å². The summed E-state index contributed by atoms with van der Waals surface area (Å²) in [4.78, 5) is 4.34. The van der Waals surface area contributed by atoms with Crippen LogP contribution in [0.4, 0.5) is 0 Å². The lowest BCUT2D eigenvalue weighted by atomic mass is 10.1. The minimum absolute atomic E-state index is 0.841. The van der Waals surface area contributed by atoms with Crippen molar-refractivity contribution in [3.05, 3.63) is 53.2 Å². The fourth-order valence-corrected chi connectivity index (χ4v) is 2.21. The van der Waals surface area contributed by atoms with E-state index in [1.54, 1.807) is 0 Å². The Morgan fingerprint density at radius 3 is 2.85 bits per heavy atom. The molecule has 0 saturated heterocycles. The Morgan fingerprint density at radius 1 is 1.15 bits per heavy atom. The van der Waals surface area contributed by atoms with Crippen LogP contribution in [-0.4, -0.2) is 18.1 Å². The molecule has 0 bridgehead atoms. The zero-order valence-corrected chi connectivity index (χ0v) is 12.5. The zero-order valence-electron chi connectivity index (χ0n) is 12.5. The highest BCUT2D eigenvalue weighted by molar-refractivity contribution is 5.22. The Morgan fingerprint density at radius 2 is 2.05 bits per heavy atom. The molecule has 0 aliphatic carbocycles. The minimum Gasteiger partial charge on any atom is -0.446 e. The van der Waals surface area contributed by atoms with Crippen molar-refractivity contribution in [2.75, 3.05) is 13.1 Å². The van der Waals surface area contributed by atoms with Crippen molar-refractivity contribution in [3.8, 4) is 0 Å². The minimum atomic E-state index is 0.841. The summed E-state index contributed by atoms with van der Waals surface area (Å²) >= 11 is 0. The maximum absolute atomic E-state index is 5.76. The number of aromatic nitrogens is 1. The molecular weight excluding hydrogens is 248 g/mol. The molecule has 0 spiro atoms. The summed E-state index contributed by atoms with van der Waals surface area (Å²) in [5.41, 5.74) is 2.66. The van der Waals surface area contributed by atoms with Gasteiger partial charge in [0, 0.05) is 19.4 Å². The van der Waals surface area contributed by atoms with Gasteiger partial charge in [0.25, 0.3) is 0 Å². The van der Waals surface area contributed by atoms with Crippen molar-refractivity contribution in [2.24, 2.45) is 0 Å². The van der Waals surface area contributed by atoms with Gasteiger partial charge in [-0.25, -0.2) is 4.98 Å². The molecule has 20 heavy (non-hydrogen) atoms. The second-order valence-corrected chi connectivity index (χ2v) is 5.21. The van der Waals surface area contributed by atoms with E-state index in [0.29, 0.717) is 0 Å². The summed E-state index contributed by atoms with van der Waals surface area (Å²) in [6, 6.07) is 8.63. The van der Waals surface area contributed by atoms with Crippen molar-refractivity contribution in [2.45, 2.75) is 39.5 Å². The fraction of sp³-hybridized carbons (Fsp3) is 0.471. The zero-order chi connectivity index (χ0) is 14.2. The Hall–Kier alpha value is -1.61. The molecule has 1 heterocycles. The predicted octanol–water partition coefficient (Wildman–Crippen LogP) is 3.31. The van der Waals surface area contributed by atoms with Gasteiger partial charge >= 0.3 is 0 Å². The summed E-state index contributed by atoms with van der Waals surface area (Å²) in [6.07, 6.45) is 5.81. The number of aryl methyl sites for hydroxylation is 3. The molecule has 0 radical (unpaired) electrons. The van der Waals surface area contributed by atoms with Crippen molar-refractivity contribution < 1.29 is 4.42 Å². The van der Waals surface area contributed by atoms with Gasteiger partial charge in [-0.05, 0) is 31.9 Å². The highest BCUT2D eigenvalue weighted by Crippen LogP contribution is 2.10. The fourth-order valence-electron chi connectivity index (χ4n) is 2.21. The van der Waals surface area contributed by atoms with Gasteiger partial charge in [-0.3, -0.25) is 0 Å². The molecule has 0 aliphatic rings. The van der Waals surface area contributed by atoms with Crippen LogP contribution in [0.2, 0.25) is 0 Å². The largest absolute Gasteiger partial charge is 0.446 e. The number of nitrogens with zero attached hydrogens (tertiary/aromatic N) is 1. The maximum atomic E-state index is 5.76. The van der Waals surface area contributed by atoms with Crippen LogP contribution in [0.3, 0.4) is 0 Å². The number of hydrogen-bond acceptors (Lipinski definition) is 3. The average molecular weight is 272 g/mol. The number of hydrogen-bond donors (Lipinski definition) is 1. The van der Waals surface area contributed by atoms with E-state index in [0.717, 1.165) is 50.4 Å². The highest BCUT2D eigenvalue weighted by Gasteiger charge is 2.04. The number of benzene rings is 1. The van der Waals surface area contributed by atoms with E-state index in [-0.39, 0.29) is 0 Å². The van der Waals surface area contributed by atoms with E-state index >= 15 is 0 Å². The first-order valence-electron chi connectivity index (χ1n) is 7.47. The normalized spacial score (nSPS) is 10.9. The van der Waals surface area contributed by atoms with Crippen LogP contribution < -0.4 is 5.32 Å². The number of rotatable bonds is 8. The monoisotopic (exact) mass is 272 g/mol. The smallest absolute Gasteiger partial charge is 0.195 e. The van der Waals surface area contributed by atoms with Gasteiger partial charge in [-0.15, -0.1) is 0 Å². The van der Waals surface area contributed by atoms with Crippen LogP contribution in [0, 0.1) is 6.92 Å². The molecule has 0 aliphatic heterocycles. The van der Waals surface area contributed by atoms with E-state index in [9.17, 15) is 0 Å². The van der Waals surface area contributed by atoms with E-state index in [2.05, 4.69) is 48.4 Å². The van der Waals surface area contributed by atoms with Crippen LogP contribution in [0.15, 0.2) is 34.9 Å². The van der Waals surface area contributed by atoms with Crippen molar-refractivity contribution in [1.29, 1.82) is 0 Å². The third-order valence-electron chi connectivity index (χ3n) is 3.29. The van der Waals surface area contributed by atoms with Gasteiger partial charge in [0.05, 0.1) is 6.20 Å². The third-order valence-corrected chi connectivity index (χ3v) is 3.29. The summed E-state index contributed by atoms with van der Waals surface area (Å²) in [7, 11) is 0. The molecule has 0 atom stereocenters. The van der Waals surface area contributed by atoms with E-state index in [1.165, 1.54) is 11.1 Å². The lowest BCUT2D eigenvalue weighted by molar-refractivity contribution is 0.448. The van der Waals surface area contributed by atoms with Gasteiger partial charge in [-0.1, -0.05) is 36.8 Å². The first kappa shape index (κ1) is 14.8. The number of nitrogens with one attached hydrogen (secondary N) is 1. The molecule has 3 heteroatoms. The Bertz CT molecular complexity index is 519. The van der Waals surface area contributed by atoms with Gasteiger partial charge < -0.3 is 9.73 Å². The SMILES string of the molecule is CCCNCCc1ncc(CCc2cccc(C)c2)o1. The van der Waals surface area contributed by atoms with E-state index in [4.69, 9.17) is 4.42 Å². The highest BCUT2D eigenvalue weighted by atomic mass is 16.4. The summed E-state index contributed by atoms with van der Waals surface area (Å²) in [5.74, 6) is 1.82. The Labute approximate surface area is 121 Å². The molecule has 108 valence electrons. The first-order valence-corrected chi connectivity index (χ1v) is 7.47. The molecule has 1 N–H and O–H groups in total. The molecule has 1 aromatic carbocycles. The van der Waals surface area contributed by atoms with Gasteiger partial charge in [0.1, 0.15) is 5.76 Å². The molecule has 0 amide bonds. The van der Waals surface area contributed by atoms with Gasteiger partial charge in [-0.2, -0.15) is 0 Å². The molecule has 0 saturated carbocycles. The maximum Gasteiger partial charge on any atom is 0.195 e. The topological polar surface area (TPSA) is 38.1 Å². The lowest BCUT2D eigenvalue weighted by Gasteiger charge is -2.01. The average Bonchev–Trinajstić information content (AvgIpc) is 2.89. The molecule has 2 aromatic rings. The number of oxazole rings is 1. The standard InChI is InChI=1S/C17H24N2O/c1-3-10-18-11-9-17-19-13-16(20-17)8-7-15-6-4-5-14(2)12-15/h4-6,12-13,18H,3,7-11H2,1-2H3.